The Morgan fingerprint density at radius 1 is 1.50 bits per heavy atom. The Morgan fingerprint density at radius 2 is 2.21 bits per heavy atom. The minimum absolute atomic E-state index is 0.585. The van der Waals surface area contributed by atoms with Crippen LogP contribution in [0, 0.1) is 11.8 Å². The SMILES string of the molecule is CC(C)CN=C(N)NCCCC1CC1. The Balaban J connectivity index is 1.95. The zero-order valence-electron chi connectivity index (χ0n) is 9.42. The molecule has 14 heavy (non-hydrogen) atoms. The number of hydrogen-bond acceptors (Lipinski definition) is 1. The van der Waals surface area contributed by atoms with Gasteiger partial charge in [-0.25, -0.2) is 0 Å². The standard InChI is InChI=1S/C11H23N3/c1-9(2)8-14-11(12)13-7-3-4-10-5-6-10/h9-10H,3-8H2,1-2H3,(H3,12,13,14). The summed E-state index contributed by atoms with van der Waals surface area (Å²) < 4.78 is 0. The van der Waals surface area contributed by atoms with Gasteiger partial charge in [-0.2, -0.15) is 0 Å². The molecule has 1 aliphatic carbocycles. The molecule has 0 spiro atoms. The molecule has 1 aliphatic rings. The second-order valence-corrected chi connectivity index (χ2v) is 4.63. The minimum Gasteiger partial charge on any atom is -0.370 e. The van der Waals surface area contributed by atoms with Gasteiger partial charge in [-0.15, -0.1) is 0 Å². The fraction of sp³-hybridized carbons (Fsp3) is 0.909. The molecule has 1 saturated carbocycles. The van der Waals surface area contributed by atoms with Crippen LogP contribution >= 0.6 is 0 Å². The molecular formula is C11H23N3. The van der Waals surface area contributed by atoms with E-state index in [1.54, 1.807) is 0 Å². The van der Waals surface area contributed by atoms with Crippen molar-refractivity contribution in [1.82, 2.24) is 5.32 Å². The first-order chi connectivity index (χ1) is 6.68. The maximum atomic E-state index is 5.69. The van der Waals surface area contributed by atoms with Crippen LogP contribution in [0.25, 0.3) is 0 Å². The summed E-state index contributed by atoms with van der Waals surface area (Å²) in [5.41, 5.74) is 5.69. The first-order valence-corrected chi connectivity index (χ1v) is 5.72. The Hall–Kier alpha value is -0.730. The summed E-state index contributed by atoms with van der Waals surface area (Å²) in [6.07, 6.45) is 5.46. The topological polar surface area (TPSA) is 50.4 Å². The van der Waals surface area contributed by atoms with Gasteiger partial charge in [0.1, 0.15) is 0 Å². The van der Waals surface area contributed by atoms with E-state index in [1.165, 1.54) is 25.7 Å². The highest BCUT2D eigenvalue weighted by Gasteiger charge is 2.19. The van der Waals surface area contributed by atoms with Crippen molar-refractivity contribution >= 4 is 5.96 Å². The highest BCUT2D eigenvalue weighted by atomic mass is 15.1. The number of nitrogens with one attached hydrogen (secondary N) is 1. The number of nitrogens with two attached hydrogens (primary N) is 1. The summed E-state index contributed by atoms with van der Waals surface area (Å²) in [7, 11) is 0. The average Bonchev–Trinajstić information content (AvgIpc) is 2.92. The summed E-state index contributed by atoms with van der Waals surface area (Å²) in [4.78, 5) is 4.24. The highest BCUT2D eigenvalue weighted by Crippen LogP contribution is 2.33. The molecule has 0 radical (unpaired) electrons. The number of guanidine groups is 1. The van der Waals surface area contributed by atoms with E-state index in [0.29, 0.717) is 11.9 Å². The molecule has 3 N–H and O–H groups in total. The van der Waals surface area contributed by atoms with Gasteiger partial charge in [-0.1, -0.05) is 26.7 Å². The molecule has 82 valence electrons. The van der Waals surface area contributed by atoms with E-state index in [0.717, 1.165) is 19.0 Å². The van der Waals surface area contributed by atoms with Gasteiger partial charge in [0.15, 0.2) is 5.96 Å². The van der Waals surface area contributed by atoms with Crippen LogP contribution < -0.4 is 11.1 Å². The Kier molecular flexibility index (Phi) is 4.77. The number of hydrogen-bond donors (Lipinski definition) is 2. The molecule has 0 heterocycles. The lowest BCUT2D eigenvalue weighted by atomic mass is 10.2. The molecule has 0 saturated heterocycles. The third-order valence-electron chi connectivity index (χ3n) is 2.42. The summed E-state index contributed by atoms with van der Waals surface area (Å²) in [6.45, 7) is 6.08. The summed E-state index contributed by atoms with van der Waals surface area (Å²) >= 11 is 0. The van der Waals surface area contributed by atoms with Crippen LogP contribution in [-0.4, -0.2) is 19.0 Å². The van der Waals surface area contributed by atoms with Crippen LogP contribution in [0.3, 0.4) is 0 Å². The first-order valence-electron chi connectivity index (χ1n) is 5.72. The van der Waals surface area contributed by atoms with Gasteiger partial charge >= 0.3 is 0 Å². The van der Waals surface area contributed by atoms with Crippen LogP contribution in [-0.2, 0) is 0 Å². The number of aliphatic imine (C=N–C) groups is 1. The Morgan fingerprint density at radius 3 is 2.79 bits per heavy atom. The van der Waals surface area contributed by atoms with E-state index < -0.39 is 0 Å². The predicted octanol–water partition coefficient (Wildman–Crippen LogP) is 1.74. The number of rotatable bonds is 6. The molecule has 0 bridgehead atoms. The molecule has 1 rings (SSSR count). The Bertz CT molecular complexity index is 183. The van der Waals surface area contributed by atoms with Crippen molar-refractivity contribution in [3.8, 4) is 0 Å². The first kappa shape index (κ1) is 11.3. The molecule has 0 aliphatic heterocycles. The van der Waals surface area contributed by atoms with E-state index in [1.807, 2.05) is 0 Å². The third-order valence-corrected chi connectivity index (χ3v) is 2.42. The molecule has 0 atom stereocenters. The van der Waals surface area contributed by atoms with Crippen LogP contribution in [0.1, 0.15) is 39.5 Å². The zero-order valence-corrected chi connectivity index (χ0v) is 9.42. The van der Waals surface area contributed by atoms with Crippen molar-refractivity contribution in [2.45, 2.75) is 39.5 Å². The van der Waals surface area contributed by atoms with Crippen molar-refractivity contribution in [1.29, 1.82) is 0 Å². The largest absolute Gasteiger partial charge is 0.370 e. The van der Waals surface area contributed by atoms with Gasteiger partial charge in [-0.3, -0.25) is 4.99 Å². The van der Waals surface area contributed by atoms with E-state index in [-0.39, 0.29) is 0 Å². The minimum atomic E-state index is 0.585. The normalized spacial score (nSPS) is 17.5. The quantitative estimate of drug-likeness (QED) is 0.387. The molecule has 0 unspecified atom stereocenters. The van der Waals surface area contributed by atoms with Gasteiger partial charge < -0.3 is 11.1 Å². The van der Waals surface area contributed by atoms with Crippen molar-refractivity contribution < 1.29 is 0 Å². The van der Waals surface area contributed by atoms with E-state index in [4.69, 9.17) is 5.73 Å². The van der Waals surface area contributed by atoms with Crippen LogP contribution in [0.5, 0.6) is 0 Å². The fourth-order valence-electron chi connectivity index (χ4n) is 1.35. The van der Waals surface area contributed by atoms with Gasteiger partial charge in [0.2, 0.25) is 0 Å². The third kappa shape index (κ3) is 5.84. The maximum absolute atomic E-state index is 5.69. The van der Waals surface area contributed by atoms with Crippen molar-refractivity contribution in [2.24, 2.45) is 22.6 Å². The Labute approximate surface area is 87.2 Å². The van der Waals surface area contributed by atoms with Gasteiger partial charge in [-0.05, 0) is 24.7 Å². The zero-order chi connectivity index (χ0) is 10.4. The smallest absolute Gasteiger partial charge is 0.188 e. The average molecular weight is 197 g/mol. The summed E-state index contributed by atoms with van der Waals surface area (Å²) in [6, 6.07) is 0. The second kappa shape index (κ2) is 5.89. The maximum Gasteiger partial charge on any atom is 0.188 e. The van der Waals surface area contributed by atoms with Gasteiger partial charge in [0.05, 0.1) is 0 Å². The van der Waals surface area contributed by atoms with Crippen molar-refractivity contribution in [3.05, 3.63) is 0 Å². The molecule has 1 fully saturated rings. The monoisotopic (exact) mass is 197 g/mol. The van der Waals surface area contributed by atoms with E-state index in [9.17, 15) is 0 Å². The molecule has 3 heteroatoms. The van der Waals surface area contributed by atoms with Gasteiger partial charge in [0, 0.05) is 13.1 Å². The summed E-state index contributed by atoms with van der Waals surface area (Å²) in [5.74, 6) is 2.21. The lowest BCUT2D eigenvalue weighted by molar-refractivity contribution is 0.641. The number of nitrogens with zero attached hydrogens (tertiary/aromatic N) is 1. The lowest BCUT2D eigenvalue weighted by Gasteiger charge is -2.05. The molecular weight excluding hydrogens is 174 g/mol. The van der Waals surface area contributed by atoms with Crippen LogP contribution in [0.4, 0.5) is 0 Å². The fourth-order valence-corrected chi connectivity index (χ4v) is 1.35. The molecule has 0 aromatic heterocycles. The van der Waals surface area contributed by atoms with Crippen molar-refractivity contribution in [2.75, 3.05) is 13.1 Å². The van der Waals surface area contributed by atoms with E-state index >= 15 is 0 Å². The molecule has 0 amide bonds. The second-order valence-electron chi connectivity index (χ2n) is 4.63. The van der Waals surface area contributed by atoms with Crippen LogP contribution in [0.15, 0.2) is 4.99 Å². The van der Waals surface area contributed by atoms with Gasteiger partial charge in [0.25, 0.3) is 0 Å². The summed E-state index contributed by atoms with van der Waals surface area (Å²) in [5, 5.41) is 3.15. The predicted molar refractivity (Wildman–Crippen MR) is 61.3 cm³/mol. The molecule has 0 aromatic rings. The van der Waals surface area contributed by atoms with Crippen LogP contribution in [0.2, 0.25) is 0 Å². The molecule has 0 aromatic carbocycles. The van der Waals surface area contributed by atoms with E-state index in [2.05, 4.69) is 24.2 Å². The lowest BCUT2D eigenvalue weighted by Crippen LogP contribution is -2.32. The highest BCUT2D eigenvalue weighted by molar-refractivity contribution is 5.77. The molecule has 3 nitrogen and oxygen atoms in total. The van der Waals surface area contributed by atoms with Crippen molar-refractivity contribution in [3.63, 3.8) is 0 Å².